The molecule has 6 nitrogen and oxygen atoms in total. The van der Waals surface area contributed by atoms with Gasteiger partial charge in [0.05, 0.1) is 13.7 Å². The summed E-state index contributed by atoms with van der Waals surface area (Å²) in [7, 11) is 1.56. The summed E-state index contributed by atoms with van der Waals surface area (Å²) in [5.41, 5.74) is 0.460. The quantitative estimate of drug-likeness (QED) is 0.446. The second-order valence-electron chi connectivity index (χ2n) is 6.68. The maximum atomic E-state index is 12.0. The first-order valence-corrected chi connectivity index (χ1v) is 8.21. The highest BCUT2D eigenvalue weighted by Crippen LogP contribution is 2.30. The lowest BCUT2D eigenvalue weighted by Gasteiger charge is -2.29. The van der Waals surface area contributed by atoms with E-state index in [4.69, 9.17) is 18.9 Å². The fourth-order valence-corrected chi connectivity index (χ4v) is 2.25. The number of benzene rings is 1. The summed E-state index contributed by atoms with van der Waals surface area (Å²) in [6.45, 7) is 7.79. The van der Waals surface area contributed by atoms with Crippen LogP contribution < -0.4 is 9.47 Å². The fourth-order valence-electron chi connectivity index (χ4n) is 2.25. The molecule has 0 spiro atoms. The van der Waals surface area contributed by atoms with E-state index in [2.05, 4.69) is 13.8 Å². The Morgan fingerprint density at radius 3 is 2.32 bits per heavy atom. The molecule has 2 rings (SSSR count). The molecule has 6 heteroatoms. The van der Waals surface area contributed by atoms with Crippen molar-refractivity contribution in [2.24, 2.45) is 5.92 Å². The van der Waals surface area contributed by atoms with Crippen LogP contribution in [0.15, 0.2) is 23.8 Å². The topological polar surface area (TPSA) is 71.1 Å². The van der Waals surface area contributed by atoms with Gasteiger partial charge >= 0.3 is 11.9 Å². The Morgan fingerprint density at radius 2 is 1.76 bits per heavy atom. The average molecular weight is 348 g/mol. The molecule has 0 N–H and O–H groups in total. The molecule has 0 saturated carbocycles. The van der Waals surface area contributed by atoms with Crippen LogP contribution in [-0.4, -0.2) is 31.4 Å². The minimum Gasteiger partial charge on any atom is -0.493 e. The molecule has 0 bridgehead atoms. The van der Waals surface area contributed by atoms with Gasteiger partial charge in [-0.3, -0.25) is 0 Å². The minimum absolute atomic E-state index is 0.155. The monoisotopic (exact) mass is 348 g/mol. The maximum absolute atomic E-state index is 12.0. The van der Waals surface area contributed by atoms with Gasteiger partial charge < -0.3 is 18.9 Å². The van der Waals surface area contributed by atoms with Crippen molar-refractivity contribution in [2.75, 3.05) is 13.7 Å². The molecule has 1 aliphatic heterocycles. The normalized spacial score (nSPS) is 16.3. The Kier molecular flexibility index (Phi) is 5.72. The van der Waals surface area contributed by atoms with Gasteiger partial charge in [-0.15, -0.1) is 0 Å². The predicted molar refractivity (Wildman–Crippen MR) is 92.2 cm³/mol. The molecular formula is C19H24O6. The zero-order valence-corrected chi connectivity index (χ0v) is 15.3. The third kappa shape index (κ3) is 4.98. The average Bonchev–Trinajstić information content (AvgIpc) is 2.50. The van der Waals surface area contributed by atoms with Gasteiger partial charge in [-0.1, -0.05) is 19.9 Å². The Hall–Kier alpha value is -2.50. The number of hydrogen-bond donors (Lipinski definition) is 0. The highest BCUT2D eigenvalue weighted by Gasteiger charge is 2.38. The lowest BCUT2D eigenvalue weighted by atomic mass is 10.1. The van der Waals surface area contributed by atoms with Gasteiger partial charge in [-0.2, -0.15) is 0 Å². The molecule has 0 aromatic heterocycles. The first kappa shape index (κ1) is 18.8. The molecule has 1 aromatic carbocycles. The van der Waals surface area contributed by atoms with Crippen molar-refractivity contribution in [3.05, 3.63) is 29.3 Å². The zero-order chi connectivity index (χ0) is 18.6. The number of cyclic esters (lactones) is 2. The first-order chi connectivity index (χ1) is 11.7. The van der Waals surface area contributed by atoms with Crippen molar-refractivity contribution in [1.29, 1.82) is 0 Å². The Labute approximate surface area is 147 Å². The molecule has 0 radical (unpaired) electrons. The Balaban J connectivity index is 2.24. The van der Waals surface area contributed by atoms with Crippen molar-refractivity contribution >= 4 is 18.0 Å². The van der Waals surface area contributed by atoms with E-state index in [-0.39, 0.29) is 5.57 Å². The lowest BCUT2D eigenvalue weighted by Crippen LogP contribution is -2.41. The van der Waals surface area contributed by atoms with E-state index in [0.717, 1.165) is 6.42 Å². The second-order valence-corrected chi connectivity index (χ2v) is 6.68. The number of carbonyl (C=O) groups is 2. The number of hydrogen-bond acceptors (Lipinski definition) is 6. The van der Waals surface area contributed by atoms with Crippen LogP contribution in [0, 0.1) is 5.92 Å². The van der Waals surface area contributed by atoms with Gasteiger partial charge in [0, 0.05) is 13.8 Å². The minimum atomic E-state index is -1.25. The van der Waals surface area contributed by atoms with Crippen LogP contribution in [0.1, 0.15) is 39.7 Å². The molecule has 0 amide bonds. The molecule has 1 fully saturated rings. The third-order valence-electron chi connectivity index (χ3n) is 3.57. The summed E-state index contributed by atoms with van der Waals surface area (Å²) in [5.74, 6) is -1.02. The van der Waals surface area contributed by atoms with Crippen LogP contribution in [0.2, 0.25) is 0 Å². The molecule has 0 aliphatic carbocycles. The van der Waals surface area contributed by atoms with Crippen molar-refractivity contribution < 1.29 is 28.5 Å². The molecule has 136 valence electrons. The first-order valence-electron chi connectivity index (χ1n) is 8.21. The number of rotatable bonds is 6. The summed E-state index contributed by atoms with van der Waals surface area (Å²) >= 11 is 0. The summed E-state index contributed by atoms with van der Waals surface area (Å²) < 4.78 is 21.2. The van der Waals surface area contributed by atoms with Gasteiger partial charge in [-0.05, 0) is 36.1 Å². The number of ether oxygens (including phenoxy) is 4. The number of esters is 2. The van der Waals surface area contributed by atoms with Crippen molar-refractivity contribution in [1.82, 2.24) is 0 Å². The summed E-state index contributed by atoms with van der Waals surface area (Å²) in [4.78, 5) is 24.1. The van der Waals surface area contributed by atoms with E-state index in [1.165, 1.54) is 19.9 Å². The molecule has 0 unspecified atom stereocenters. The maximum Gasteiger partial charge on any atom is 0.348 e. The zero-order valence-electron chi connectivity index (χ0n) is 15.3. The van der Waals surface area contributed by atoms with E-state index in [1.54, 1.807) is 25.3 Å². The Bertz CT molecular complexity index is 665. The van der Waals surface area contributed by atoms with Crippen molar-refractivity contribution in [2.45, 2.75) is 39.9 Å². The third-order valence-corrected chi connectivity index (χ3v) is 3.57. The molecule has 0 atom stereocenters. The number of methoxy groups -OCH3 is 1. The van der Waals surface area contributed by atoms with Gasteiger partial charge in [0.2, 0.25) is 0 Å². The van der Waals surface area contributed by atoms with Crippen LogP contribution in [0.3, 0.4) is 0 Å². The van der Waals surface area contributed by atoms with E-state index < -0.39 is 17.7 Å². The van der Waals surface area contributed by atoms with Gasteiger partial charge in [0.1, 0.15) is 5.57 Å². The molecule has 1 saturated heterocycles. The molecule has 25 heavy (non-hydrogen) atoms. The summed E-state index contributed by atoms with van der Waals surface area (Å²) in [6.07, 6.45) is 2.33. The van der Waals surface area contributed by atoms with Crippen LogP contribution >= 0.6 is 0 Å². The van der Waals surface area contributed by atoms with E-state index in [9.17, 15) is 9.59 Å². The van der Waals surface area contributed by atoms with Gasteiger partial charge in [0.25, 0.3) is 5.79 Å². The molecule has 1 aliphatic rings. The van der Waals surface area contributed by atoms with E-state index in [0.29, 0.717) is 29.6 Å². The van der Waals surface area contributed by atoms with Gasteiger partial charge in [-0.25, -0.2) is 9.59 Å². The largest absolute Gasteiger partial charge is 0.493 e. The van der Waals surface area contributed by atoms with Crippen molar-refractivity contribution in [3.63, 3.8) is 0 Å². The van der Waals surface area contributed by atoms with Crippen LogP contribution in [0.4, 0.5) is 0 Å². The Morgan fingerprint density at radius 1 is 1.12 bits per heavy atom. The van der Waals surface area contributed by atoms with Gasteiger partial charge in [0.15, 0.2) is 11.5 Å². The van der Waals surface area contributed by atoms with Crippen LogP contribution in [-0.2, 0) is 19.1 Å². The van der Waals surface area contributed by atoms with Crippen LogP contribution in [0.5, 0.6) is 11.5 Å². The predicted octanol–water partition coefficient (Wildman–Crippen LogP) is 3.34. The lowest BCUT2D eigenvalue weighted by molar-refractivity contribution is -0.222. The SMILES string of the molecule is COc1ccc(C=C2C(=O)OC(C)(C)OC2=O)cc1OCCC(C)C. The smallest absolute Gasteiger partial charge is 0.348 e. The highest BCUT2D eigenvalue weighted by molar-refractivity contribution is 6.18. The summed E-state index contributed by atoms with van der Waals surface area (Å²) in [6, 6.07) is 5.16. The standard InChI is InChI=1S/C19H24O6/c1-12(2)8-9-23-16-11-13(6-7-15(16)22-5)10-14-17(20)24-19(3,4)25-18(14)21/h6-7,10-12H,8-9H2,1-5H3. The van der Waals surface area contributed by atoms with Crippen LogP contribution in [0.25, 0.3) is 6.08 Å². The molecule has 1 aromatic rings. The molecular weight excluding hydrogens is 324 g/mol. The highest BCUT2D eigenvalue weighted by atomic mass is 16.7. The fraction of sp³-hybridized carbons (Fsp3) is 0.474. The van der Waals surface area contributed by atoms with Crippen molar-refractivity contribution in [3.8, 4) is 11.5 Å². The molecule has 1 heterocycles. The second kappa shape index (κ2) is 7.59. The van der Waals surface area contributed by atoms with E-state index >= 15 is 0 Å². The summed E-state index contributed by atoms with van der Waals surface area (Å²) in [5, 5.41) is 0. The number of carbonyl (C=O) groups excluding carboxylic acids is 2. The van der Waals surface area contributed by atoms with E-state index in [1.807, 2.05) is 0 Å².